The quantitative estimate of drug-likeness (QED) is 0.833. The summed E-state index contributed by atoms with van der Waals surface area (Å²) in [6, 6.07) is 3.69. The second-order valence-corrected chi connectivity index (χ2v) is 5.01. The van der Waals surface area contributed by atoms with Gasteiger partial charge in [-0.2, -0.15) is 0 Å². The summed E-state index contributed by atoms with van der Waals surface area (Å²) in [6.07, 6.45) is 3.92. The van der Waals surface area contributed by atoms with E-state index in [0.717, 1.165) is 12.0 Å². The molecular weight excluding hydrogens is 256 g/mol. The van der Waals surface area contributed by atoms with Gasteiger partial charge in [-0.25, -0.2) is 0 Å². The molecule has 1 atom stereocenters. The van der Waals surface area contributed by atoms with Gasteiger partial charge in [-0.05, 0) is 30.0 Å². The van der Waals surface area contributed by atoms with Crippen LogP contribution in [0.1, 0.15) is 25.8 Å². The summed E-state index contributed by atoms with van der Waals surface area (Å²) in [6.45, 7) is 4.16. The number of rotatable bonds is 7. The molecule has 0 aromatic heterocycles. The molecule has 1 aromatic carbocycles. The smallest absolute Gasteiger partial charge is 0.203 e. The minimum absolute atomic E-state index is 0.450. The Morgan fingerprint density at radius 2 is 1.60 bits per heavy atom. The van der Waals surface area contributed by atoms with E-state index in [4.69, 9.17) is 14.2 Å². The first-order valence-corrected chi connectivity index (χ1v) is 6.68. The largest absolute Gasteiger partial charge is 0.493 e. The molecule has 1 aromatic rings. The molecule has 20 heavy (non-hydrogen) atoms. The summed E-state index contributed by atoms with van der Waals surface area (Å²) in [7, 11) is 4.74. The Morgan fingerprint density at radius 3 is 2.00 bits per heavy atom. The van der Waals surface area contributed by atoms with Gasteiger partial charge in [-0.15, -0.1) is 0 Å². The molecule has 0 aliphatic carbocycles. The first kappa shape index (κ1) is 16.4. The highest BCUT2D eigenvalue weighted by Gasteiger charge is 2.12. The molecule has 0 aliphatic rings. The third-order valence-corrected chi connectivity index (χ3v) is 2.91. The molecular formula is C16H24O4. The van der Waals surface area contributed by atoms with Crippen molar-refractivity contribution in [1.82, 2.24) is 0 Å². The number of aliphatic hydroxyl groups excluding tert-OH is 1. The molecule has 0 bridgehead atoms. The van der Waals surface area contributed by atoms with Crippen LogP contribution in [0.4, 0.5) is 0 Å². The summed E-state index contributed by atoms with van der Waals surface area (Å²) in [5.74, 6) is 2.22. The molecule has 0 aliphatic heterocycles. The first-order chi connectivity index (χ1) is 9.51. The maximum atomic E-state index is 9.86. The van der Waals surface area contributed by atoms with Crippen LogP contribution in [0, 0.1) is 5.92 Å². The summed E-state index contributed by atoms with van der Waals surface area (Å²) < 4.78 is 15.8. The molecule has 0 heterocycles. The standard InChI is InChI=1S/C16H24O4/c1-11(2)8-13(17)7-6-12-9-14(18-3)16(20-5)15(10-12)19-4/h6-7,9-11,13,17H,8H2,1-5H3/b7-6+. The van der Waals surface area contributed by atoms with E-state index in [2.05, 4.69) is 13.8 Å². The van der Waals surface area contributed by atoms with Crippen LogP contribution in [-0.4, -0.2) is 32.5 Å². The molecule has 0 saturated carbocycles. The zero-order chi connectivity index (χ0) is 15.1. The topological polar surface area (TPSA) is 47.9 Å². The molecule has 112 valence electrons. The minimum atomic E-state index is -0.450. The lowest BCUT2D eigenvalue weighted by Crippen LogP contribution is -2.05. The van der Waals surface area contributed by atoms with Crippen molar-refractivity contribution in [3.05, 3.63) is 23.8 Å². The number of hydrogen-bond acceptors (Lipinski definition) is 4. The lowest BCUT2D eigenvalue weighted by molar-refractivity contribution is 0.195. The van der Waals surface area contributed by atoms with Crippen molar-refractivity contribution in [2.75, 3.05) is 21.3 Å². The van der Waals surface area contributed by atoms with Gasteiger partial charge in [0.15, 0.2) is 11.5 Å². The summed E-state index contributed by atoms with van der Waals surface area (Å²) in [5.41, 5.74) is 0.891. The molecule has 4 nitrogen and oxygen atoms in total. The Morgan fingerprint density at radius 1 is 1.05 bits per heavy atom. The number of aliphatic hydroxyl groups is 1. The Kier molecular flexibility index (Phi) is 6.39. The average molecular weight is 280 g/mol. The van der Waals surface area contributed by atoms with Gasteiger partial charge < -0.3 is 19.3 Å². The van der Waals surface area contributed by atoms with Gasteiger partial charge in [-0.3, -0.25) is 0 Å². The molecule has 4 heteroatoms. The lowest BCUT2D eigenvalue weighted by atomic mass is 10.0. The maximum Gasteiger partial charge on any atom is 0.203 e. The van der Waals surface area contributed by atoms with E-state index < -0.39 is 6.10 Å². The SMILES string of the molecule is COc1cc(/C=C/C(O)CC(C)C)cc(OC)c1OC. The van der Waals surface area contributed by atoms with E-state index in [1.165, 1.54) is 0 Å². The number of hydrogen-bond donors (Lipinski definition) is 1. The van der Waals surface area contributed by atoms with Crippen molar-refractivity contribution < 1.29 is 19.3 Å². The number of ether oxygens (including phenoxy) is 3. The van der Waals surface area contributed by atoms with Crippen LogP contribution < -0.4 is 14.2 Å². The molecule has 1 unspecified atom stereocenters. The third-order valence-electron chi connectivity index (χ3n) is 2.91. The Hall–Kier alpha value is -1.68. The zero-order valence-corrected chi connectivity index (χ0v) is 12.8. The second kappa shape index (κ2) is 7.80. The Labute approximate surface area is 121 Å². The molecule has 0 fully saturated rings. The van der Waals surface area contributed by atoms with E-state index in [1.54, 1.807) is 27.4 Å². The normalized spacial score (nSPS) is 12.8. The lowest BCUT2D eigenvalue weighted by Gasteiger charge is -2.13. The van der Waals surface area contributed by atoms with Gasteiger partial charge in [0.05, 0.1) is 27.4 Å². The molecule has 1 N–H and O–H groups in total. The van der Waals surface area contributed by atoms with Crippen molar-refractivity contribution in [3.8, 4) is 17.2 Å². The van der Waals surface area contributed by atoms with Gasteiger partial charge >= 0.3 is 0 Å². The van der Waals surface area contributed by atoms with Gasteiger partial charge in [0.2, 0.25) is 5.75 Å². The van der Waals surface area contributed by atoms with E-state index in [0.29, 0.717) is 23.2 Å². The van der Waals surface area contributed by atoms with Crippen LogP contribution >= 0.6 is 0 Å². The van der Waals surface area contributed by atoms with Crippen LogP contribution in [0.3, 0.4) is 0 Å². The van der Waals surface area contributed by atoms with Crippen LogP contribution in [-0.2, 0) is 0 Å². The van der Waals surface area contributed by atoms with Gasteiger partial charge in [0.1, 0.15) is 0 Å². The number of benzene rings is 1. The summed E-state index contributed by atoms with van der Waals surface area (Å²) in [4.78, 5) is 0. The van der Waals surface area contributed by atoms with Gasteiger partial charge in [0, 0.05) is 0 Å². The highest BCUT2D eigenvalue weighted by molar-refractivity contribution is 5.62. The monoisotopic (exact) mass is 280 g/mol. The second-order valence-electron chi connectivity index (χ2n) is 5.01. The maximum absolute atomic E-state index is 9.86. The molecule has 0 amide bonds. The predicted molar refractivity (Wildman–Crippen MR) is 80.6 cm³/mol. The molecule has 0 radical (unpaired) electrons. The van der Waals surface area contributed by atoms with E-state index in [1.807, 2.05) is 18.2 Å². The minimum Gasteiger partial charge on any atom is -0.493 e. The van der Waals surface area contributed by atoms with Crippen molar-refractivity contribution in [2.24, 2.45) is 5.92 Å². The molecule has 1 rings (SSSR count). The zero-order valence-electron chi connectivity index (χ0n) is 12.8. The van der Waals surface area contributed by atoms with E-state index in [-0.39, 0.29) is 0 Å². The fourth-order valence-electron chi connectivity index (χ4n) is 1.98. The van der Waals surface area contributed by atoms with Crippen molar-refractivity contribution in [1.29, 1.82) is 0 Å². The first-order valence-electron chi connectivity index (χ1n) is 6.68. The fraction of sp³-hybridized carbons (Fsp3) is 0.500. The van der Waals surface area contributed by atoms with Crippen LogP contribution in [0.15, 0.2) is 18.2 Å². The molecule has 0 saturated heterocycles. The molecule has 0 spiro atoms. The van der Waals surface area contributed by atoms with Crippen LogP contribution in [0.5, 0.6) is 17.2 Å². The average Bonchev–Trinajstić information content (AvgIpc) is 2.42. The summed E-state index contributed by atoms with van der Waals surface area (Å²) >= 11 is 0. The highest BCUT2D eigenvalue weighted by atomic mass is 16.5. The number of methoxy groups -OCH3 is 3. The van der Waals surface area contributed by atoms with Crippen LogP contribution in [0.25, 0.3) is 6.08 Å². The Balaban J connectivity index is 2.98. The van der Waals surface area contributed by atoms with E-state index >= 15 is 0 Å². The van der Waals surface area contributed by atoms with Crippen molar-refractivity contribution in [2.45, 2.75) is 26.4 Å². The van der Waals surface area contributed by atoms with E-state index in [9.17, 15) is 5.11 Å². The van der Waals surface area contributed by atoms with Gasteiger partial charge in [0.25, 0.3) is 0 Å². The third kappa shape index (κ3) is 4.46. The van der Waals surface area contributed by atoms with Gasteiger partial charge in [-0.1, -0.05) is 26.0 Å². The Bertz CT molecular complexity index is 427. The fourth-order valence-corrected chi connectivity index (χ4v) is 1.98. The van der Waals surface area contributed by atoms with Crippen LogP contribution in [0.2, 0.25) is 0 Å². The summed E-state index contributed by atoms with van der Waals surface area (Å²) in [5, 5.41) is 9.86. The predicted octanol–water partition coefficient (Wildman–Crippen LogP) is 3.13. The van der Waals surface area contributed by atoms with Crippen molar-refractivity contribution >= 4 is 6.08 Å². The van der Waals surface area contributed by atoms with Crippen molar-refractivity contribution in [3.63, 3.8) is 0 Å². The highest BCUT2D eigenvalue weighted by Crippen LogP contribution is 2.38.